The molecule has 2 unspecified atom stereocenters. The van der Waals surface area contributed by atoms with Gasteiger partial charge < -0.3 is 10.6 Å². The fraction of sp³-hybridized carbons (Fsp3) is 0.316. The topological polar surface area (TPSA) is 82.9 Å². The van der Waals surface area contributed by atoms with Crippen LogP contribution in [0.4, 0.5) is 22.7 Å². The summed E-state index contributed by atoms with van der Waals surface area (Å²) in [4.78, 5) is 25.7. The van der Waals surface area contributed by atoms with E-state index in [0.717, 1.165) is 24.0 Å². The predicted molar refractivity (Wildman–Crippen MR) is 181 cm³/mol. The standard InChI is InChI=1S/C38H44N4O2/c1-25(2)23-29-7-11-31(12-8-29)27(5)37(43)39-33-15-19-35(20-16-33)41-42-36-21-17-34(18-22-36)40-38(44)28(6)32-13-9-30(10-14-32)24-26(3)4/h7-22,25-28H,23-24H2,1-6H3,(H,39,43)(H,40,44). The smallest absolute Gasteiger partial charge is 0.231 e. The van der Waals surface area contributed by atoms with Crippen LogP contribution in [0, 0.1) is 11.8 Å². The van der Waals surface area contributed by atoms with Crippen LogP contribution in [0.3, 0.4) is 0 Å². The van der Waals surface area contributed by atoms with Crippen molar-refractivity contribution in [1.29, 1.82) is 0 Å². The summed E-state index contributed by atoms with van der Waals surface area (Å²) in [5.74, 6) is 0.553. The van der Waals surface area contributed by atoms with Crippen molar-refractivity contribution in [2.45, 2.75) is 66.2 Å². The zero-order valence-corrected chi connectivity index (χ0v) is 26.7. The molecule has 0 heterocycles. The van der Waals surface area contributed by atoms with E-state index in [4.69, 9.17) is 0 Å². The van der Waals surface area contributed by atoms with Crippen LogP contribution in [-0.2, 0) is 22.4 Å². The molecule has 2 amide bonds. The molecule has 4 aromatic rings. The second-order valence-corrected chi connectivity index (χ2v) is 12.4. The van der Waals surface area contributed by atoms with Crippen molar-refractivity contribution >= 4 is 34.6 Å². The number of nitrogens with one attached hydrogen (secondary N) is 2. The van der Waals surface area contributed by atoms with Gasteiger partial charge in [0.25, 0.3) is 0 Å². The molecule has 0 fully saturated rings. The van der Waals surface area contributed by atoms with Crippen molar-refractivity contribution in [3.05, 3.63) is 119 Å². The van der Waals surface area contributed by atoms with E-state index in [1.165, 1.54) is 11.1 Å². The number of anilines is 2. The van der Waals surface area contributed by atoms with Gasteiger partial charge in [0, 0.05) is 11.4 Å². The molecule has 6 heteroatoms. The number of rotatable bonds is 12. The molecular formula is C38H44N4O2. The third-order valence-corrected chi connectivity index (χ3v) is 7.58. The van der Waals surface area contributed by atoms with E-state index in [9.17, 15) is 9.59 Å². The molecule has 0 aliphatic carbocycles. The quantitative estimate of drug-likeness (QED) is 0.161. The molecule has 4 rings (SSSR count). The summed E-state index contributed by atoms with van der Waals surface area (Å²) in [6, 6.07) is 31.1. The summed E-state index contributed by atoms with van der Waals surface area (Å²) >= 11 is 0. The minimum absolute atomic E-state index is 0.0582. The molecule has 0 saturated carbocycles. The Kier molecular flexibility index (Phi) is 11.2. The van der Waals surface area contributed by atoms with E-state index in [0.29, 0.717) is 34.6 Å². The summed E-state index contributed by atoms with van der Waals surface area (Å²) < 4.78 is 0. The highest BCUT2D eigenvalue weighted by atomic mass is 16.2. The summed E-state index contributed by atoms with van der Waals surface area (Å²) in [5, 5.41) is 14.6. The normalized spacial score (nSPS) is 12.8. The van der Waals surface area contributed by atoms with E-state index in [1.54, 1.807) is 0 Å². The number of hydrogen-bond donors (Lipinski definition) is 2. The van der Waals surface area contributed by atoms with Gasteiger partial charge in [-0.3, -0.25) is 9.59 Å². The largest absolute Gasteiger partial charge is 0.326 e. The van der Waals surface area contributed by atoms with Crippen molar-refractivity contribution in [3.63, 3.8) is 0 Å². The average molecular weight is 589 g/mol. The molecule has 6 nitrogen and oxygen atoms in total. The molecule has 0 aliphatic rings. The lowest BCUT2D eigenvalue weighted by Gasteiger charge is -2.14. The zero-order valence-electron chi connectivity index (χ0n) is 26.7. The highest BCUT2D eigenvalue weighted by Crippen LogP contribution is 2.25. The lowest BCUT2D eigenvalue weighted by atomic mass is 9.96. The maximum atomic E-state index is 12.8. The van der Waals surface area contributed by atoms with Gasteiger partial charge >= 0.3 is 0 Å². The van der Waals surface area contributed by atoms with Crippen molar-refractivity contribution in [1.82, 2.24) is 0 Å². The first kappa shape index (κ1) is 32.3. The van der Waals surface area contributed by atoms with E-state index in [2.05, 4.69) is 72.8 Å². The van der Waals surface area contributed by atoms with Crippen LogP contribution in [0.25, 0.3) is 0 Å². The Balaban J connectivity index is 1.27. The van der Waals surface area contributed by atoms with Crippen LogP contribution in [0.15, 0.2) is 107 Å². The van der Waals surface area contributed by atoms with Gasteiger partial charge in [-0.25, -0.2) is 0 Å². The maximum Gasteiger partial charge on any atom is 0.231 e. The fourth-order valence-corrected chi connectivity index (χ4v) is 4.97. The summed E-state index contributed by atoms with van der Waals surface area (Å²) in [6.07, 6.45) is 2.06. The van der Waals surface area contributed by atoms with Crippen LogP contribution < -0.4 is 10.6 Å². The molecule has 0 saturated heterocycles. The first-order valence-corrected chi connectivity index (χ1v) is 15.5. The summed E-state index contributed by atoms with van der Waals surface area (Å²) in [7, 11) is 0. The van der Waals surface area contributed by atoms with Crippen LogP contribution in [0.5, 0.6) is 0 Å². The van der Waals surface area contributed by atoms with Gasteiger partial charge in [0.05, 0.1) is 23.2 Å². The molecular weight excluding hydrogens is 544 g/mol. The van der Waals surface area contributed by atoms with Crippen molar-refractivity contribution in [2.24, 2.45) is 22.1 Å². The minimum Gasteiger partial charge on any atom is -0.326 e. The first-order valence-electron chi connectivity index (χ1n) is 15.5. The second kappa shape index (κ2) is 15.2. The van der Waals surface area contributed by atoms with Crippen molar-refractivity contribution < 1.29 is 9.59 Å². The molecule has 2 atom stereocenters. The van der Waals surface area contributed by atoms with Gasteiger partial charge in [-0.05, 0) is 109 Å². The molecule has 0 aromatic heterocycles. The van der Waals surface area contributed by atoms with E-state index in [1.807, 2.05) is 86.6 Å². The van der Waals surface area contributed by atoms with E-state index in [-0.39, 0.29) is 23.7 Å². The van der Waals surface area contributed by atoms with Crippen molar-refractivity contribution in [2.75, 3.05) is 10.6 Å². The number of azo groups is 1. The number of amides is 2. The molecule has 4 aromatic carbocycles. The van der Waals surface area contributed by atoms with Crippen LogP contribution in [0.2, 0.25) is 0 Å². The molecule has 0 bridgehead atoms. The highest BCUT2D eigenvalue weighted by molar-refractivity contribution is 5.96. The van der Waals surface area contributed by atoms with E-state index >= 15 is 0 Å². The monoisotopic (exact) mass is 588 g/mol. The Morgan fingerprint density at radius 1 is 0.500 bits per heavy atom. The number of carbonyl (C=O) groups excluding carboxylic acids is 2. The third kappa shape index (κ3) is 9.46. The van der Waals surface area contributed by atoms with Crippen molar-refractivity contribution in [3.8, 4) is 0 Å². The number of benzene rings is 4. The van der Waals surface area contributed by atoms with Gasteiger partial charge in [-0.2, -0.15) is 10.2 Å². The average Bonchev–Trinajstić information content (AvgIpc) is 3.01. The molecule has 0 spiro atoms. The van der Waals surface area contributed by atoms with Gasteiger partial charge in [-0.1, -0.05) is 76.2 Å². The second-order valence-electron chi connectivity index (χ2n) is 12.4. The Labute approximate surface area is 262 Å². The minimum atomic E-state index is -0.264. The summed E-state index contributed by atoms with van der Waals surface area (Å²) in [6.45, 7) is 12.6. The first-order chi connectivity index (χ1) is 21.1. The lowest BCUT2D eigenvalue weighted by Crippen LogP contribution is -2.18. The van der Waals surface area contributed by atoms with Gasteiger partial charge in [0.2, 0.25) is 11.8 Å². The summed E-state index contributed by atoms with van der Waals surface area (Å²) in [5.41, 5.74) is 7.31. The lowest BCUT2D eigenvalue weighted by molar-refractivity contribution is -0.118. The molecule has 0 radical (unpaired) electrons. The SMILES string of the molecule is CC(C)Cc1ccc(C(C)C(=O)Nc2ccc(N=Nc3ccc(NC(=O)C(C)c4ccc(CC(C)C)cc4)cc3)cc2)cc1. The Hall–Kier alpha value is -4.58. The molecule has 2 N–H and O–H groups in total. The maximum absolute atomic E-state index is 12.8. The third-order valence-electron chi connectivity index (χ3n) is 7.58. The Morgan fingerprint density at radius 2 is 0.818 bits per heavy atom. The Morgan fingerprint density at radius 3 is 1.11 bits per heavy atom. The predicted octanol–water partition coefficient (Wildman–Crippen LogP) is 9.98. The fourth-order valence-electron chi connectivity index (χ4n) is 4.97. The van der Waals surface area contributed by atoms with Gasteiger partial charge in [0.1, 0.15) is 0 Å². The number of nitrogens with zero attached hydrogens (tertiary/aromatic N) is 2. The van der Waals surface area contributed by atoms with Gasteiger partial charge in [0.15, 0.2) is 0 Å². The van der Waals surface area contributed by atoms with Crippen LogP contribution in [0.1, 0.15) is 75.6 Å². The van der Waals surface area contributed by atoms with Crippen LogP contribution >= 0.6 is 0 Å². The number of carbonyl (C=O) groups is 2. The molecule has 44 heavy (non-hydrogen) atoms. The molecule has 0 aliphatic heterocycles. The Bertz CT molecular complexity index is 1420. The van der Waals surface area contributed by atoms with Crippen LogP contribution in [-0.4, -0.2) is 11.8 Å². The zero-order chi connectivity index (χ0) is 31.6. The van der Waals surface area contributed by atoms with Gasteiger partial charge in [-0.15, -0.1) is 0 Å². The number of hydrogen-bond acceptors (Lipinski definition) is 4. The highest BCUT2D eigenvalue weighted by Gasteiger charge is 2.17. The van der Waals surface area contributed by atoms with E-state index < -0.39 is 0 Å². The molecule has 228 valence electrons.